The van der Waals surface area contributed by atoms with E-state index in [1.807, 2.05) is 30.3 Å². The van der Waals surface area contributed by atoms with Crippen LogP contribution in [0.3, 0.4) is 0 Å². The molecule has 0 saturated heterocycles. The molecule has 1 N–H and O–H groups in total. The molecule has 0 bridgehead atoms. The van der Waals surface area contributed by atoms with Crippen molar-refractivity contribution in [1.29, 1.82) is 0 Å². The number of amides is 1. The molecule has 0 radical (unpaired) electrons. The van der Waals surface area contributed by atoms with Crippen LogP contribution in [0.1, 0.15) is 12.8 Å². The zero-order valence-electron chi connectivity index (χ0n) is 9.78. The Balaban J connectivity index is 1.67. The largest absolute Gasteiger partial charge is 0.352 e. The maximum absolute atomic E-state index is 11.6. The molecule has 1 heterocycles. The first-order valence-corrected chi connectivity index (χ1v) is 5.94. The molecular formula is C12H13N5O. The van der Waals surface area contributed by atoms with Gasteiger partial charge >= 0.3 is 0 Å². The lowest BCUT2D eigenvalue weighted by atomic mass is 10.2. The van der Waals surface area contributed by atoms with Crippen molar-refractivity contribution in [1.82, 2.24) is 25.5 Å². The van der Waals surface area contributed by atoms with Crippen LogP contribution < -0.4 is 5.32 Å². The number of tetrazole rings is 1. The lowest BCUT2D eigenvalue weighted by molar-refractivity contribution is -0.122. The van der Waals surface area contributed by atoms with E-state index in [2.05, 4.69) is 20.7 Å². The lowest BCUT2D eigenvalue weighted by Gasteiger charge is -2.00. The van der Waals surface area contributed by atoms with Crippen LogP contribution in [-0.2, 0) is 11.3 Å². The van der Waals surface area contributed by atoms with Crippen molar-refractivity contribution in [3.05, 3.63) is 30.3 Å². The quantitative estimate of drug-likeness (QED) is 0.854. The third-order valence-corrected chi connectivity index (χ3v) is 2.71. The van der Waals surface area contributed by atoms with Gasteiger partial charge in [0.1, 0.15) is 6.54 Å². The Kier molecular flexibility index (Phi) is 2.76. The van der Waals surface area contributed by atoms with E-state index in [4.69, 9.17) is 0 Å². The minimum absolute atomic E-state index is 0.0606. The van der Waals surface area contributed by atoms with Gasteiger partial charge < -0.3 is 5.32 Å². The summed E-state index contributed by atoms with van der Waals surface area (Å²) in [6.07, 6.45) is 2.15. The normalized spacial score (nSPS) is 14.4. The molecule has 0 spiro atoms. The molecule has 92 valence electrons. The summed E-state index contributed by atoms with van der Waals surface area (Å²) in [6, 6.07) is 9.93. The molecule has 3 rings (SSSR count). The van der Waals surface area contributed by atoms with Crippen LogP contribution in [0, 0.1) is 0 Å². The molecular weight excluding hydrogens is 230 g/mol. The van der Waals surface area contributed by atoms with Crippen LogP contribution in [0.5, 0.6) is 0 Å². The van der Waals surface area contributed by atoms with Crippen LogP contribution in [0.25, 0.3) is 11.4 Å². The zero-order valence-corrected chi connectivity index (χ0v) is 9.78. The van der Waals surface area contributed by atoms with Crippen molar-refractivity contribution in [2.24, 2.45) is 0 Å². The van der Waals surface area contributed by atoms with Crippen molar-refractivity contribution in [2.45, 2.75) is 25.4 Å². The summed E-state index contributed by atoms with van der Waals surface area (Å²) in [5, 5.41) is 14.9. The third-order valence-electron chi connectivity index (χ3n) is 2.71. The van der Waals surface area contributed by atoms with E-state index < -0.39 is 0 Å². The first-order chi connectivity index (χ1) is 8.81. The second-order valence-electron chi connectivity index (χ2n) is 4.35. The summed E-state index contributed by atoms with van der Waals surface area (Å²) in [5.74, 6) is 0.476. The van der Waals surface area contributed by atoms with Gasteiger partial charge in [-0.25, -0.2) is 0 Å². The molecule has 1 amide bonds. The van der Waals surface area contributed by atoms with E-state index in [0.717, 1.165) is 18.4 Å². The summed E-state index contributed by atoms with van der Waals surface area (Å²) in [7, 11) is 0. The highest BCUT2D eigenvalue weighted by atomic mass is 16.2. The molecule has 1 saturated carbocycles. The standard InChI is InChI=1S/C12H13N5O/c18-11(13-10-6-7-10)8-17-15-12(14-16-17)9-4-2-1-3-5-9/h1-5,10H,6-8H2,(H,13,18). The third kappa shape index (κ3) is 2.53. The number of carbonyl (C=O) groups is 1. The van der Waals surface area contributed by atoms with Crippen molar-refractivity contribution < 1.29 is 4.79 Å². The molecule has 6 nitrogen and oxygen atoms in total. The van der Waals surface area contributed by atoms with E-state index in [-0.39, 0.29) is 12.5 Å². The minimum Gasteiger partial charge on any atom is -0.352 e. The van der Waals surface area contributed by atoms with Crippen molar-refractivity contribution in [3.8, 4) is 11.4 Å². The van der Waals surface area contributed by atoms with E-state index in [9.17, 15) is 4.79 Å². The van der Waals surface area contributed by atoms with E-state index >= 15 is 0 Å². The highest BCUT2D eigenvalue weighted by Gasteiger charge is 2.23. The zero-order chi connectivity index (χ0) is 12.4. The SMILES string of the molecule is O=C(Cn1nnc(-c2ccccc2)n1)NC1CC1. The molecule has 1 aliphatic carbocycles. The van der Waals surface area contributed by atoms with Gasteiger partial charge in [-0.2, -0.15) is 4.80 Å². The number of nitrogens with one attached hydrogen (secondary N) is 1. The maximum Gasteiger partial charge on any atom is 0.243 e. The molecule has 1 fully saturated rings. The Morgan fingerprint density at radius 3 is 2.83 bits per heavy atom. The summed E-state index contributed by atoms with van der Waals surface area (Å²) >= 11 is 0. The number of aromatic nitrogens is 4. The Morgan fingerprint density at radius 2 is 2.11 bits per heavy atom. The van der Waals surface area contributed by atoms with E-state index in [1.165, 1.54) is 4.80 Å². The molecule has 18 heavy (non-hydrogen) atoms. The Labute approximate surface area is 104 Å². The average molecular weight is 243 g/mol. The first kappa shape index (κ1) is 10.9. The van der Waals surface area contributed by atoms with Crippen molar-refractivity contribution >= 4 is 5.91 Å². The van der Waals surface area contributed by atoms with Crippen LogP contribution in [-0.4, -0.2) is 32.2 Å². The van der Waals surface area contributed by atoms with Gasteiger partial charge in [0.2, 0.25) is 11.7 Å². The van der Waals surface area contributed by atoms with Gasteiger partial charge in [-0.05, 0) is 18.1 Å². The molecule has 1 aliphatic rings. The van der Waals surface area contributed by atoms with Gasteiger partial charge in [-0.3, -0.25) is 4.79 Å². The van der Waals surface area contributed by atoms with Gasteiger partial charge in [0.15, 0.2) is 0 Å². The summed E-state index contributed by atoms with van der Waals surface area (Å²) in [5.41, 5.74) is 0.895. The molecule has 1 aromatic carbocycles. The predicted molar refractivity (Wildman–Crippen MR) is 64.4 cm³/mol. The monoisotopic (exact) mass is 243 g/mol. The van der Waals surface area contributed by atoms with Crippen molar-refractivity contribution in [3.63, 3.8) is 0 Å². The minimum atomic E-state index is -0.0606. The maximum atomic E-state index is 11.6. The first-order valence-electron chi connectivity index (χ1n) is 5.94. The van der Waals surface area contributed by atoms with E-state index in [1.54, 1.807) is 0 Å². The van der Waals surface area contributed by atoms with Crippen LogP contribution in [0.4, 0.5) is 0 Å². The number of rotatable bonds is 4. The average Bonchev–Trinajstić information content (AvgIpc) is 3.06. The number of nitrogens with zero attached hydrogens (tertiary/aromatic N) is 4. The molecule has 0 aliphatic heterocycles. The number of carbonyl (C=O) groups excluding carboxylic acids is 1. The molecule has 1 aromatic heterocycles. The highest BCUT2D eigenvalue weighted by Crippen LogP contribution is 2.18. The van der Waals surface area contributed by atoms with Crippen LogP contribution >= 0.6 is 0 Å². The summed E-state index contributed by atoms with van der Waals surface area (Å²) in [4.78, 5) is 12.9. The summed E-state index contributed by atoms with van der Waals surface area (Å²) < 4.78 is 0. The fourth-order valence-corrected chi connectivity index (χ4v) is 1.64. The smallest absolute Gasteiger partial charge is 0.243 e. The molecule has 0 atom stereocenters. The van der Waals surface area contributed by atoms with Crippen molar-refractivity contribution in [2.75, 3.05) is 0 Å². The van der Waals surface area contributed by atoms with E-state index in [0.29, 0.717) is 11.9 Å². The number of benzene rings is 1. The summed E-state index contributed by atoms with van der Waals surface area (Å²) in [6.45, 7) is 0.121. The van der Waals surface area contributed by atoms with Crippen LogP contribution in [0.15, 0.2) is 30.3 Å². The topological polar surface area (TPSA) is 72.7 Å². The molecule has 0 unspecified atom stereocenters. The molecule has 2 aromatic rings. The second-order valence-corrected chi connectivity index (χ2v) is 4.35. The fraction of sp³-hybridized carbons (Fsp3) is 0.333. The fourth-order valence-electron chi connectivity index (χ4n) is 1.64. The van der Waals surface area contributed by atoms with Crippen LogP contribution in [0.2, 0.25) is 0 Å². The van der Waals surface area contributed by atoms with Gasteiger partial charge in [0.25, 0.3) is 0 Å². The Morgan fingerprint density at radius 1 is 1.33 bits per heavy atom. The lowest BCUT2D eigenvalue weighted by Crippen LogP contribution is -2.30. The highest BCUT2D eigenvalue weighted by molar-refractivity contribution is 5.76. The van der Waals surface area contributed by atoms with Gasteiger partial charge in [0, 0.05) is 11.6 Å². The Hall–Kier alpha value is -2.24. The Bertz CT molecular complexity index is 547. The molecule has 6 heteroatoms. The predicted octanol–water partition coefficient (Wildman–Crippen LogP) is 0.619. The second kappa shape index (κ2) is 4.56. The van der Waals surface area contributed by atoms with Gasteiger partial charge in [0.05, 0.1) is 0 Å². The van der Waals surface area contributed by atoms with Gasteiger partial charge in [-0.1, -0.05) is 30.3 Å². The van der Waals surface area contributed by atoms with Gasteiger partial charge in [-0.15, -0.1) is 10.2 Å². The number of hydrogen-bond donors (Lipinski definition) is 1. The number of hydrogen-bond acceptors (Lipinski definition) is 4.